The van der Waals surface area contributed by atoms with E-state index >= 15 is 0 Å². The third kappa shape index (κ3) is 8.82. The molecule has 0 fully saturated rings. The molecule has 0 heterocycles. The molecular weight excluding hydrogens is 67.0 g/mol. The Morgan fingerprint density at radius 1 is 1.50 bits per heavy atom. The Morgan fingerprint density at radius 3 is 2.00 bits per heavy atom. The zero-order valence-electron chi connectivity index (χ0n) is 3.83. The Bertz CT molecular complexity index is 11.4. The van der Waals surface area contributed by atoms with Gasteiger partial charge in [-0.15, -0.1) is 0 Å². The van der Waals surface area contributed by atoms with Crippen LogP contribution in [0.25, 0.3) is 0 Å². The molecular formula is C5H12Li. The van der Waals surface area contributed by atoms with Gasteiger partial charge in [-0.3, -0.25) is 0 Å². The summed E-state index contributed by atoms with van der Waals surface area (Å²) < 4.78 is 0. The van der Waals surface area contributed by atoms with Crippen molar-refractivity contribution in [1.29, 1.82) is 0 Å². The molecule has 1 radical (unpaired) electrons. The van der Waals surface area contributed by atoms with Crippen LogP contribution in [0.15, 0.2) is 0 Å². The van der Waals surface area contributed by atoms with Crippen LogP contribution in [0.3, 0.4) is 0 Å². The summed E-state index contributed by atoms with van der Waals surface area (Å²) >= 11 is 0. The third-order valence-corrected chi connectivity index (χ3v) is 0.604. The van der Waals surface area contributed by atoms with Crippen molar-refractivity contribution >= 4 is 18.9 Å². The van der Waals surface area contributed by atoms with E-state index < -0.39 is 0 Å². The molecule has 0 saturated heterocycles. The molecule has 33 valence electrons. The molecule has 0 N–H and O–H groups in total. The molecule has 0 nitrogen and oxygen atoms in total. The van der Waals surface area contributed by atoms with E-state index in [9.17, 15) is 0 Å². The fourth-order valence-corrected chi connectivity index (χ4v) is 0.250. The normalized spacial score (nSPS) is 7.00. The summed E-state index contributed by atoms with van der Waals surface area (Å²) in [5.41, 5.74) is 0. The molecule has 0 aliphatic heterocycles. The fraction of sp³-hybridized carbons (Fsp3) is 0.800. The fourth-order valence-electron chi connectivity index (χ4n) is 0.250. The summed E-state index contributed by atoms with van der Waals surface area (Å²) in [6.45, 7) is 5.85. The van der Waals surface area contributed by atoms with Gasteiger partial charge in [0.05, 0.1) is 0 Å². The number of rotatable bonds is 2. The molecule has 0 spiro atoms. The standard InChI is InChI=1S/C5H11.Li.H/c1-3-5-4-2;;/h1,3-5H2,2H3;;. The first-order valence-corrected chi connectivity index (χ1v) is 2.21. The van der Waals surface area contributed by atoms with Crippen molar-refractivity contribution in [2.45, 2.75) is 26.2 Å². The first-order chi connectivity index (χ1) is 2.41. The van der Waals surface area contributed by atoms with Crippen molar-refractivity contribution < 1.29 is 0 Å². The predicted molar refractivity (Wildman–Crippen MR) is 32.0 cm³/mol. The minimum absolute atomic E-state index is 0. The Kier molecular flexibility index (Phi) is 14.9. The summed E-state index contributed by atoms with van der Waals surface area (Å²) in [4.78, 5) is 0. The van der Waals surface area contributed by atoms with Gasteiger partial charge in [-0.05, 0) is 0 Å². The van der Waals surface area contributed by atoms with E-state index in [0.717, 1.165) is 6.42 Å². The zero-order chi connectivity index (χ0) is 4.12. The Hall–Kier alpha value is 0.597. The topological polar surface area (TPSA) is 0 Å². The molecule has 0 amide bonds. The molecule has 0 atom stereocenters. The van der Waals surface area contributed by atoms with Crippen LogP contribution < -0.4 is 0 Å². The average molecular weight is 79.1 g/mol. The molecule has 0 unspecified atom stereocenters. The van der Waals surface area contributed by atoms with Gasteiger partial charge in [-0.2, -0.15) is 0 Å². The Balaban J connectivity index is 0. The molecule has 0 bridgehead atoms. The van der Waals surface area contributed by atoms with Crippen LogP contribution in [0.1, 0.15) is 26.2 Å². The van der Waals surface area contributed by atoms with E-state index in [2.05, 4.69) is 13.8 Å². The van der Waals surface area contributed by atoms with Crippen LogP contribution in [0.2, 0.25) is 0 Å². The van der Waals surface area contributed by atoms with Gasteiger partial charge in [-0.25, -0.2) is 0 Å². The summed E-state index contributed by atoms with van der Waals surface area (Å²) in [6.07, 6.45) is 3.65. The van der Waals surface area contributed by atoms with Crippen LogP contribution in [0.4, 0.5) is 0 Å². The van der Waals surface area contributed by atoms with E-state index in [-0.39, 0.29) is 18.9 Å². The SMILES string of the molecule is [CH2]CCCC.[LiH]. The van der Waals surface area contributed by atoms with Crippen molar-refractivity contribution in [3.8, 4) is 0 Å². The van der Waals surface area contributed by atoms with Crippen LogP contribution in [0, 0.1) is 6.92 Å². The molecule has 6 heavy (non-hydrogen) atoms. The van der Waals surface area contributed by atoms with Crippen LogP contribution in [-0.2, 0) is 0 Å². The van der Waals surface area contributed by atoms with Crippen molar-refractivity contribution in [3.63, 3.8) is 0 Å². The zero-order valence-corrected chi connectivity index (χ0v) is 3.83. The van der Waals surface area contributed by atoms with Gasteiger partial charge in [0.1, 0.15) is 0 Å². The molecule has 0 aromatic rings. The first-order valence-electron chi connectivity index (χ1n) is 2.21. The summed E-state index contributed by atoms with van der Waals surface area (Å²) in [5, 5.41) is 0. The monoisotopic (exact) mass is 79.1 g/mol. The third-order valence-electron chi connectivity index (χ3n) is 0.604. The van der Waals surface area contributed by atoms with E-state index in [1.807, 2.05) is 0 Å². The van der Waals surface area contributed by atoms with Gasteiger partial charge in [-0.1, -0.05) is 33.1 Å². The minimum atomic E-state index is 0. The van der Waals surface area contributed by atoms with Gasteiger partial charge in [0.2, 0.25) is 0 Å². The molecule has 1 heteroatoms. The van der Waals surface area contributed by atoms with E-state index in [4.69, 9.17) is 0 Å². The second-order valence-corrected chi connectivity index (χ2v) is 1.21. The second-order valence-electron chi connectivity index (χ2n) is 1.21. The van der Waals surface area contributed by atoms with Gasteiger partial charge < -0.3 is 0 Å². The Labute approximate surface area is 52.5 Å². The molecule has 0 rings (SSSR count). The van der Waals surface area contributed by atoms with E-state index in [0.29, 0.717) is 0 Å². The van der Waals surface area contributed by atoms with Crippen LogP contribution in [-0.4, -0.2) is 18.9 Å². The van der Waals surface area contributed by atoms with Crippen LogP contribution in [0.5, 0.6) is 0 Å². The second kappa shape index (κ2) is 9.14. The summed E-state index contributed by atoms with van der Waals surface area (Å²) in [5.74, 6) is 0. The quantitative estimate of drug-likeness (QED) is 0.438. The molecule has 0 aliphatic rings. The number of hydrogen-bond acceptors (Lipinski definition) is 0. The molecule has 0 saturated carbocycles. The number of hydrogen-bond donors (Lipinski definition) is 0. The van der Waals surface area contributed by atoms with Gasteiger partial charge in [0, 0.05) is 0 Å². The summed E-state index contributed by atoms with van der Waals surface area (Å²) in [6, 6.07) is 0. The van der Waals surface area contributed by atoms with Crippen molar-refractivity contribution in [2.24, 2.45) is 0 Å². The van der Waals surface area contributed by atoms with Crippen molar-refractivity contribution in [2.75, 3.05) is 0 Å². The molecule has 0 aromatic carbocycles. The maximum absolute atomic E-state index is 3.68. The van der Waals surface area contributed by atoms with E-state index in [1.54, 1.807) is 0 Å². The first kappa shape index (κ1) is 9.78. The van der Waals surface area contributed by atoms with Crippen molar-refractivity contribution in [3.05, 3.63) is 6.92 Å². The predicted octanol–water partition coefficient (Wildman–Crippen LogP) is 1.36. The maximum atomic E-state index is 3.68. The molecule has 0 aromatic heterocycles. The van der Waals surface area contributed by atoms with Gasteiger partial charge in [0.15, 0.2) is 0 Å². The van der Waals surface area contributed by atoms with Gasteiger partial charge in [0.25, 0.3) is 0 Å². The summed E-state index contributed by atoms with van der Waals surface area (Å²) in [7, 11) is 0. The van der Waals surface area contributed by atoms with Gasteiger partial charge >= 0.3 is 18.9 Å². The van der Waals surface area contributed by atoms with E-state index in [1.165, 1.54) is 12.8 Å². The Morgan fingerprint density at radius 2 is 2.00 bits per heavy atom. The average Bonchev–Trinajstić information content (AvgIpc) is 1.41. The van der Waals surface area contributed by atoms with Crippen LogP contribution >= 0.6 is 0 Å². The molecule has 0 aliphatic carbocycles. The number of unbranched alkanes of at least 4 members (excludes halogenated alkanes) is 2. The van der Waals surface area contributed by atoms with Crippen molar-refractivity contribution in [1.82, 2.24) is 0 Å².